The molecule has 0 amide bonds. The second-order valence-corrected chi connectivity index (χ2v) is 6.33. The second kappa shape index (κ2) is 5.42. The van der Waals surface area contributed by atoms with Crippen molar-refractivity contribution in [2.45, 2.75) is 12.2 Å². The van der Waals surface area contributed by atoms with E-state index < -0.39 is 15.4 Å². The lowest BCUT2D eigenvalue weighted by Crippen LogP contribution is -2.62. The van der Waals surface area contributed by atoms with Crippen molar-refractivity contribution < 1.29 is 22.6 Å². The SMILES string of the molecule is CC(C[N+]1(CCO)CCNCC1)S(=O)(=O)O. The molecular weight excluding hydrogens is 232 g/mol. The number of hydrogen-bond donors (Lipinski definition) is 3. The van der Waals surface area contributed by atoms with Gasteiger partial charge in [-0.25, -0.2) is 0 Å². The third-order valence-electron chi connectivity index (χ3n) is 3.25. The van der Waals surface area contributed by atoms with E-state index in [1.54, 1.807) is 0 Å². The number of aliphatic hydroxyl groups excluding tert-OH is 1. The Morgan fingerprint density at radius 3 is 2.38 bits per heavy atom. The highest BCUT2D eigenvalue weighted by molar-refractivity contribution is 7.86. The summed E-state index contributed by atoms with van der Waals surface area (Å²) >= 11 is 0. The molecule has 0 saturated carbocycles. The number of aliphatic hydroxyl groups is 1. The van der Waals surface area contributed by atoms with E-state index in [9.17, 15) is 8.42 Å². The summed E-state index contributed by atoms with van der Waals surface area (Å²) in [7, 11) is -3.98. The van der Waals surface area contributed by atoms with Gasteiger partial charge in [0.1, 0.15) is 11.8 Å². The fourth-order valence-electron chi connectivity index (χ4n) is 2.22. The van der Waals surface area contributed by atoms with Gasteiger partial charge in [-0.3, -0.25) is 4.55 Å². The van der Waals surface area contributed by atoms with E-state index >= 15 is 0 Å². The maximum absolute atomic E-state index is 11.0. The second-order valence-electron chi connectivity index (χ2n) is 4.49. The molecule has 1 saturated heterocycles. The van der Waals surface area contributed by atoms with Crippen molar-refractivity contribution >= 4 is 10.1 Å². The number of hydrogen-bond acceptors (Lipinski definition) is 4. The van der Waals surface area contributed by atoms with Crippen molar-refractivity contribution in [1.29, 1.82) is 0 Å². The van der Waals surface area contributed by atoms with Crippen LogP contribution in [0.4, 0.5) is 0 Å². The van der Waals surface area contributed by atoms with Gasteiger partial charge in [-0.2, -0.15) is 8.42 Å². The Kier molecular flexibility index (Phi) is 4.69. The number of quaternary nitrogens is 1. The van der Waals surface area contributed by atoms with Crippen molar-refractivity contribution in [1.82, 2.24) is 5.32 Å². The summed E-state index contributed by atoms with van der Waals surface area (Å²) in [4.78, 5) is 0. The monoisotopic (exact) mass is 253 g/mol. The Balaban J connectivity index is 2.70. The van der Waals surface area contributed by atoms with Crippen LogP contribution in [0.5, 0.6) is 0 Å². The first-order valence-electron chi connectivity index (χ1n) is 5.53. The molecule has 1 atom stereocenters. The molecular formula is C9H21N2O4S+. The zero-order valence-corrected chi connectivity index (χ0v) is 10.4. The molecule has 1 unspecified atom stereocenters. The zero-order chi connectivity index (χ0) is 12.2. The van der Waals surface area contributed by atoms with E-state index in [0.717, 1.165) is 26.2 Å². The van der Waals surface area contributed by atoms with Crippen LogP contribution in [-0.4, -0.2) is 73.7 Å². The van der Waals surface area contributed by atoms with Gasteiger partial charge in [-0.05, 0) is 6.92 Å². The summed E-state index contributed by atoms with van der Waals surface area (Å²) < 4.78 is 31.6. The van der Waals surface area contributed by atoms with E-state index in [1.165, 1.54) is 6.92 Å². The molecule has 7 heteroatoms. The average molecular weight is 253 g/mol. The van der Waals surface area contributed by atoms with Gasteiger partial charge in [0, 0.05) is 13.1 Å². The van der Waals surface area contributed by atoms with Crippen LogP contribution in [0.1, 0.15) is 6.92 Å². The largest absolute Gasteiger partial charge is 0.391 e. The molecule has 1 aliphatic rings. The zero-order valence-electron chi connectivity index (χ0n) is 9.59. The van der Waals surface area contributed by atoms with E-state index in [0.29, 0.717) is 17.6 Å². The van der Waals surface area contributed by atoms with E-state index in [4.69, 9.17) is 9.66 Å². The third-order valence-corrected chi connectivity index (χ3v) is 4.42. The molecule has 6 nitrogen and oxygen atoms in total. The first kappa shape index (κ1) is 13.9. The Bertz CT molecular complexity index is 306. The van der Waals surface area contributed by atoms with Gasteiger partial charge in [0.15, 0.2) is 0 Å². The lowest BCUT2D eigenvalue weighted by Gasteiger charge is -2.42. The van der Waals surface area contributed by atoms with Crippen molar-refractivity contribution in [3.05, 3.63) is 0 Å². The van der Waals surface area contributed by atoms with Crippen LogP contribution in [0.25, 0.3) is 0 Å². The number of nitrogens with zero attached hydrogens (tertiary/aromatic N) is 1. The summed E-state index contributed by atoms with van der Waals surface area (Å²) in [5.74, 6) is 0. The Hall–Kier alpha value is -0.210. The molecule has 1 heterocycles. The highest BCUT2D eigenvalue weighted by atomic mass is 32.2. The standard InChI is InChI=1S/C9H20N2O4S/c1-9(16(13,14)15)8-11(6-7-12)4-2-10-3-5-11/h9-10,12H,2-8H2,1H3/p+1. The molecule has 0 radical (unpaired) electrons. The molecule has 0 aromatic carbocycles. The van der Waals surface area contributed by atoms with Crippen LogP contribution in [0.3, 0.4) is 0 Å². The first-order valence-corrected chi connectivity index (χ1v) is 7.03. The Morgan fingerprint density at radius 1 is 1.38 bits per heavy atom. The minimum absolute atomic E-state index is 0.0399. The van der Waals surface area contributed by atoms with Gasteiger partial charge in [-0.15, -0.1) is 0 Å². The highest BCUT2D eigenvalue weighted by Gasteiger charge is 2.34. The first-order chi connectivity index (χ1) is 7.40. The number of rotatable bonds is 5. The van der Waals surface area contributed by atoms with Crippen LogP contribution in [0.15, 0.2) is 0 Å². The Labute approximate surface area is 96.6 Å². The molecule has 16 heavy (non-hydrogen) atoms. The van der Waals surface area contributed by atoms with Gasteiger partial charge < -0.3 is 14.9 Å². The summed E-state index contributed by atoms with van der Waals surface area (Å²) in [5, 5.41) is 11.5. The Morgan fingerprint density at radius 2 is 1.94 bits per heavy atom. The predicted molar refractivity (Wildman–Crippen MR) is 60.7 cm³/mol. The minimum atomic E-state index is -3.98. The van der Waals surface area contributed by atoms with Crippen molar-refractivity contribution in [2.24, 2.45) is 0 Å². The van der Waals surface area contributed by atoms with E-state index in [1.807, 2.05) is 0 Å². The highest BCUT2D eigenvalue weighted by Crippen LogP contribution is 2.13. The fourth-order valence-corrected chi connectivity index (χ4v) is 2.72. The van der Waals surface area contributed by atoms with Crippen molar-refractivity contribution in [2.75, 3.05) is 45.9 Å². The van der Waals surface area contributed by atoms with Gasteiger partial charge in [0.2, 0.25) is 0 Å². The quantitative estimate of drug-likeness (QED) is 0.418. The average Bonchev–Trinajstić information content (AvgIpc) is 2.17. The molecule has 96 valence electrons. The maximum atomic E-state index is 11.0. The molecule has 1 rings (SSSR count). The van der Waals surface area contributed by atoms with Gasteiger partial charge in [0.25, 0.3) is 10.1 Å². The lowest BCUT2D eigenvalue weighted by molar-refractivity contribution is -0.929. The van der Waals surface area contributed by atoms with Crippen molar-refractivity contribution in [3.8, 4) is 0 Å². The molecule has 0 aromatic rings. The van der Waals surface area contributed by atoms with Crippen LogP contribution >= 0.6 is 0 Å². The summed E-state index contributed by atoms with van der Waals surface area (Å²) in [6, 6.07) is 0. The van der Waals surface area contributed by atoms with E-state index in [2.05, 4.69) is 5.32 Å². The van der Waals surface area contributed by atoms with Gasteiger partial charge in [0.05, 0.1) is 26.2 Å². The molecule has 1 fully saturated rings. The maximum Gasteiger partial charge on any atom is 0.273 e. The molecule has 0 bridgehead atoms. The predicted octanol–water partition coefficient (Wildman–Crippen LogP) is -1.32. The number of nitrogens with one attached hydrogen (secondary N) is 1. The summed E-state index contributed by atoms with van der Waals surface area (Å²) in [5.41, 5.74) is 0. The van der Waals surface area contributed by atoms with E-state index in [-0.39, 0.29) is 6.61 Å². The van der Waals surface area contributed by atoms with Crippen LogP contribution in [0.2, 0.25) is 0 Å². The number of piperazine rings is 1. The normalized spacial score (nSPS) is 22.9. The summed E-state index contributed by atoms with van der Waals surface area (Å²) in [6.07, 6.45) is 0. The van der Waals surface area contributed by atoms with Crippen LogP contribution in [-0.2, 0) is 10.1 Å². The molecule has 3 N–H and O–H groups in total. The van der Waals surface area contributed by atoms with Crippen molar-refractivity contribution in [3.63, 3.8) is 0 Å². The van der Waals surface area contributed by atoms with Gasteiger partial charge >= 0.3 is 0 Å². The summed E-state index contributed by atoms with van der Waals surface area (Å²) in [6.45, 7) is 5.67. The lowest BCUT2D eigenvalue weighted by atomic mass is 10.2. The topological polar surface area (TPSA) is 86.6 Å². The fraction of sp³-hybridized carbons (Fsp3) is 1.00. The molecule has 1 aliphatic heterocycles. The van der Waals surface area contributed by atoms with Crippen LogP contribution in [0, 0.1) is 0 Å². The minimum Gasteiger partial charge on any atom is -0.391 e. The molecule has 0 aromatic heterocycles. The molecule has 0 aliphatic carbocycles. The smallest absolute Gasteiger partial charge is 0.273 e. The van der Waals surface area contributed by atoms with Gasteiger partial charge in [-0.1, -0.05) is 0 Å². The third kappa shape index (κ3) is 3.67. The van der Waals surface area contributed by atoms with Crippen LogP contribution < -0.4 is 5.32 Å². The molecule has 0 spiro atoms.